The summed E-state index contributed by atoms with van der Waals surface area (Å²) in [5, 5.41) is 2.92. The minimum absolute atomic E-state index is 0.0914. The molecule has 0 spiro atoms. The van der Waals surface area contributed by atoms with Crippen LogP contribution in [-0.4, -0.2) is 25.7 Å². The average molecular weight is 327 g/mol. The van der Waals surface area contributed by atoms with Crippen molar-refractivity contribution in [3.05, 3.63) is 59.7 Å². The van der Waals surface area contributed by atoms with Gasteiger partial charge in [0.25, 0.3) is 5.91 Å². The van der Waals surface area contributed by atoms with E-state index in [0.717, 1.165) is 29.9 Å². The van der Waals surface area contributed by atoms with E-state index in [1.807, 2.05) is 55.5 Å². The molecule has 0 aliphatic carbocycles. The van der Waals surface area contributed by atoms with Gasteiger partial charge in [-0.2, -0.15) is 0 Å². The Kier molecular flexibility index (Phi) is 6.67. The minimum atomic E-state index is -0.507. The zero-order chi connectivity index (χ0) is 17.4. The molecule has 1 atom stereocenters. The molecule has 0 heterocycles. The van der Waals surface area contributed by atoms with E-state index in [1.165, 1.54) is 5.56 Å². The molecule has 2 aromatic carbocycles. The lowest BCUT2D eigenvalue weighted by Crippen LogP contribution is -2.36. The third-order valence-electron chi connectivity index (χ3n) is 3.77. The van der Waals surface area contributed by atoms with Gasteiger partial charge in [-0.15, -0.1) is 0 Å². The van der Waals surface area contributed by atoms with Crippen LogP contribution in [0, 0.1) is 6.92 Å². The molecule has 1 amide bonds. The van der Waals surface area contributed by atoms with Crippen molar-refractivity contribution in [3.63, 3.8) is 0 Å². The molecular formula is C20H25NO3. The fourth-order valence-electron chi connectivity index (χ4n) is 2.39. The van der Waals surface area contributed by atoms with Gasteiger partial charge >= 0.3 is 0 Å². The quantitative estimate of drug-likeness (QED) is 0.755. The second kappa shape index (κ2) is 8.96. The SMILES string of the molecule is COc1ccc(CCCNC(=O)[C@@H](C)Oc2cccc(C)c2)cc1. The van der Waals surface area contributed by atoms with Gasteiger partial charge < -0.3 is 14.8 Å². The van der Waals surface area contributed by atoms with Gasteiger partial charge in [-0.25, -0.2) is 0 Å². The van der Waals surface area contributed by atoms with Crippen molar-refractivity contribution in [1.29, 1.82) is 0 Å². The Morgan fingerprint density at radius 1 is 1.12 bits per heavy atom. The van der Waals surface area contributed by atoms with E-state index in [0.29, 0.717) is 6.54 Å². The van der Waals surface area contributed by atoms with Gasteiger partial charge in [0, 0.05) is 6.54 Å². The molecule has 0 aliphatic rings. The maximum Gasteiger partial charge on any atom is 0.260 e. The first-order valence-corrected chi connectivity index (χ1v) is 8.22. The van der Waals surface area contributed by atoms with Crippen LogP contribution in [0.25, 0.3) is 0 Å². The van der Waals surface area contributed by atoms with Crippen molar-refractivity contribution >= 4 is 5.91 Å². The van der Waals surface area contributed by atoms with Crippen LogP contribution in [0.2, 0.25) is 0 Å². The van der Waals surface area contributed by atoms with Crippen LogP contribution in [0.3, 0.4) is 0 Å². The summed E-state index contributed by atoms with van der Waals surface area (Å²) in [7, 11) is 1.66. The number of carbonyl (C=O) groups is 1. The Balaban J connectivity index is 1.70. The lowest BCUT2D eigenvalue weighted by molar-refractivity contribution is -0.127. The summed E-state index contributed by atoms with van der Waals surface area (Å²) >= 11 is 0. The van der Waals surface area contributed by atoms with Crippen molar-refractivity contribution in [2.45, 2.75) is 32.8 Å². The lowest BCUT2D eigenvalue weighted by atomic mass is 10.1. The van der Waals surface area contributed by atoms with Crippen LogP contribution in [0.15, 0.2) is 48.5 Å². The van der Waals surface area contributed by atoms with Gasteiger partial charge in [-0.05, 0) is 62.1 Å². The Morgan fingerprint density at radius 2 is 1.88 bits per heavy atom. The molecule has 0 bridgehead atoms. The predicted molar refractivity (Wildman–Crippen MR) is 95.6 cm³/mol. The van der Waals surface area contributed by atoms with Crippen LogP contribution < -0.4 is 14.8 Å². The van der Waals surface area contributed by atoms with E-state index in [-0.39, 0.29) is 5.91 Å². The number of benzene rings is 2. The van der Waals surface area contributed by atoms with Crippen LogP contribution >= 0.6 is 0 Å². The molecule has 0 saturated heterocycles. The number of nitrogens with one attached hydrogen (secondary N) is 1. The van der Waals surface area contributed by atoms with Crippen molar-refractivity contribution in [2.75, 3.05) is 13.7 Å². The molecule has 2 aromatic rings. The summed E-state index contributed by atoms with van der Waals surface area (Å²) in [4.78, 5) is 12.1. The van der Waals surface area contributed by atoms with Crippen molar-refractivity contribution in [2.24, 2.45) is 0 Å². The molecule has 0 unspecified atom stereocenters. The molecule has 128 valence electrons. The standard InChI is InChI=1S/C20H25NO3/c1-15-6-4-8-19(14-15)24-16(2)20(22)21-13-5-7-17-9-11-18(23-3)12-10-17/h4,6,8-12,14,16H,5,7,13H2,1-3H3,(H,21,22)/t16-/m1/s1. The van der Waals surface area contributed by atoms with E-state index >= 15 is 0 Å². The monoisotopic (exact) mass is 327 g/mol. The molecule has 4 nitrogen and oxygen atoms in total. The highest BCUT2D eigenvalue weighted by Gasteiger charge is 2.13. The number of hydrogen-bond donors (Lipinski definition) is 1. The molecular weight excluding hydrogens is 302 g/mol. The average Bonchev–Trinajstić information content (AvgIpc) is 2.59. The van der Waals surface area contributed by atoms with E-state index in [1.54, 1.807) is 14.0 Å². The molecule has 4 heteroatoms. The zero-order valence-corrected chi connectivity index (χ0v) is 14.5. The fraction of sp³-hybridized carbons (Fsp3) is 0.350. The number of amides is 1. The Bertz CT molecular complexity index is 652. The van der Waals surface area contributed by atoms with Gasteiger partial charge in [0.05, 0.1) is 7.11 Å². The predicted octanol–water partition coefficient (Wildman–Crippen LogP) is 3.52. The maximum atomic E-state index is 12.1. The molecule has 0 fully saturated rings. The number of methoxy groups -OCH3 is 1. The van der Waals surface area contributed by atoms with Gasteiger partial charge in [0.15, 0.2) is 6.10 Å². The molecule has 0 radical (unpaired) electrons. The largest absolute Gasteiger partial charge is 0.497 e. The summed E-state index contributed by atoms with van der Waals surface area (Å²) in [6.45, 7) is 4.39. The van der Waals surface area contributed by atoms with Crippen LogP contribution in [-0.2, 0) is 11.2 Å². The number of carbonyl (C=O) groups excluding carboxylic acids is 1. The fourth-order valence-corrected chi connectivity index (χ4v) is 2.39. The topological polar surface area (TPSA) is 47.6 Å². The molecule has 0 aromatic heterocycles. The number of aryl methyl sites for hydroxylation is 2. The molecule has 1 N–H and O–H groups in total. The summed E-state index contributed by atoms with van der Waals surface area (Å²) in [5.41, 5.74) is 2.34. The van der Waals surface area contributed by atoms with E-state index in [4.69, 9.17) is 9.47 Å². The summed E-state index contributed by atoms with van der Waals surface area (Å²) in [6.07, 6.45) is 1.29. The van der Waals surface area contributed by atoms with Crippen molar-refractivity contribution in [1.82, 2.24) is 5.32 Å². The lowest BCUT2D eigenvalue weighted by Gasteiger charge is -2.15. The van der Waals surface area contributed by atoms with Gasteiger partial charge in [-0.1, -0.05) is 24.3 Å². The van der Waals surface area contributed by atoms with Gasteiger partial charge in [0.1, 0.15) is 11.5 Å². The van der Waals surface area contributed by atoms with Gasteiger partial charge in [0.2, 0.25) is 0 Å². The highest BCUT2D eigenvalue weighted by molar-refractivity contribution is 5.80. The third kappa shape index (κ3) is 5.61. The van der Waals surface area contributed by atoms with Crippen LogP contribution in [0.4, 0.5) is 0 Å². The number of hydrogen-bond acceptors (Lipinski definition) is 3. The molecule has 2 rings (SSSR count). The Morgan fingerprint density at radius 3 is 2.54 bits per heavy atom. The maximum absolute atomic E-state index is 12.1. The van der Waals surface area contributed by atoms with Crippen LogP contribution in [0.1, 0.15) is 24.5 Å². The van der Waals surface area contributed by atoms with E-state index in [9.17, 15) is 4.79 Å². The summed E-state index contributed by atoms with van der Waals surface area (Å²) in [6, 6.07) is 15.7. The molecule has 0 aliphatic heterocycles. The number of rotatable bonds is 8. The second-order valence-electron chi connectivity index (χ2n) is 5.82. The van der Waals surface area contributed by atoms with E-state index in [2.05, 4.69) is 5.32 Å². The highest BCUT2D eigenvalue weighted by atomic mass is 16.5. The van der Waals surface area contributed by atoms with Crippen LogP contribution in [0.5, 0.6) is 11.5 Å². The first-order valence-electron chi connectivity index (χ1n) is 8.22. The normalized spacial score (nSPS) is 11.6. The first-order chi connectivity index (χ1) is 11.6. The van der Waals surface area contributed by atoms with E-state index < -0.39 is 6.10 Å². The van der Waals surface area contributed by atoms with Gasteiger partial charge in [-0.3, -0.25) is 4.79 Å². The van der Waals surface area contributed by atoms with Crippen molar-refractivity contribution < 1.29 is 14.3 Å². The highest BCUT2D eigenvalue weighted by Crippen LogP contribution is 2.14. The molecule has 0 saturated carbocycles. The summed E-state index contributed by atoms with van der Waals surface area (Å²) in [5.74, 6) is 1.48. The first kappa shape index (κ1) is 17.9. The second-order valence-corrected chi connectivity index (χ2v) is 5.82. The molecule has 24 heavy (non-hydrogen) atoms. The minimum Gasteiger partial charge on any atom is -0.497 e. The Labute approximate surface area is 143 Å². The smallest absolute Gasteiger partial charge is 0.260 e. The third-order valence-corrected chi connectivity index (χ3v) is 3.77. The number of ether oxygens (including phenoxy) is 2. The summed E-state index contributed by atoms with van der Waals surface area (Å²) < 4.78 is 10.8. The zero-order valence-electron chi connectivity index (χ0n) is 14.5. The Hall–Kier alpha value is -2.49. The van der Waals surface area contributed by atoms with Crippen molar-refractivity contribution in [3.8, 4) is 11.5 Å².